The van der Waals surface area contributed by atoms with Crippen LogP contribution < -0.4 is 0 Å². The number of para-hydroxylation sites is 2. The molecule has 0 saturated carbocycles. The summed E-state index contributed by atoms with van der Waals surface area (Å²) in [6.07, 6.45) is 2.32. The van der Waals surface area contributed by atoms with Crippen molar-refractivity contribution in [2.24, 2.45) is 0 Å². The number of hydrogen-bond donors (Lipinski definition) is 1. The maximum absolute atomic E-state index is 11.6. The van der Waals surface area contributed by atoms with Crippen molar-refractivity contribution >= 4 is 28.8 Å². The first kappa shape index (κ1) is 10.7. The molecule has 1 saturated heterocycles. The number of aliphatic carboxylic acids is 1. The van der Waals surface area contributed by atoms with Gasteiger partial charge in [-0.05, 0) is 24.3 Å². The van der Waals surface area contributed by atoms with Crippen molar-refractivity contribution in [1.29, 1.82) is 0 Å². The second-order valence-electron chi connectivity index (χ2n) is 4.24. The summed E-state index contributed by atoms with van der Waals surface area (Å²) in [5, 5.41) is 9.53. The smallest absolute Gasteiger partial charge is 0.330 e. The molecule has 88 valence electrons. The zero-order chi connectivity index (χ0) is 11.9. The molecule has 1 atom stereocenters. The lowest BCUT2D eigenvalue weighted by Crippen LogP contribution is -2.41. The van der Waals surface area contributed by atoms with Crippen molar-refractivity contribution in [3.63, 3.8) is 0 Å². The first-order valence-electron chi connectivity index (χ1n) is 5.48. The van der Waals surface area contributed by atoms with E-state index in [0.717, 1.165) is 16.8 Å². The van der Waals surface area contributed by atoms with Gasteiger partial charge in [-0.3, -0.25) is 0 Å². The molecular weight excluding hydrogens is 236 g/mol. The lowest BCUT2D eigenvalue weighted by atomic mass is 9.98. The zero-order valence-electron chi connectivity index (χ0n) is 9.17. The Morgan fingerprint density at radius 1 is 1.47 bits per heavy atom. The van der Waals surface area contributed by atoms with Gasteiger partial charge in [0.15, 0.2) is 5.54 Å². The average Bonchev–Trinajstić information content (AvgIpc) is 2.95. The average molecular weight is 248 g/mol. The first-order valence-corrected chi connectivity index (χ1v) is 6.63. The minimum absolute atomic E-state index is 0.614. The SMILES string of the molecule is O=C(O)C1(n2cnc3ccccc32)CCSC1. The van der Waals surface area contributed by atoms with Crippen LogP contribution in [0.2, 0.25) is 0 Å². The van der Waals surface area contributed by atoms with E-state index in [0.29, 0.717) is 12.2 Å². The normalized spacial score (nSPS) is 24.2. The van der Waals surface area contributed by atoms with Crippen LogP contribution in [0.25, 0.3) is 11.0 Å². The van der Waals surface area contributed by atoms with Gasteiger partial charge in [-0.15, -0.1) is 0 Å². The van der Waals surface area contributed by atoms with Crippen LogP contribution in [0.4, 0.5) is 0 Å². The van der Waals surface area contributed by atoms with Crippen LogP contribution in [0.5, 0.6) is 0 Å². The van der Waals surface area contributed by atoms with E-state index in [2.05, 4.69) is 4.98 Å². The molecule has 1 aliphatic heterocycles. The Bertz CT molecular complexity index is 573. The van der Waals surface area contributed by atoms with Crippen molar-refractivity contribution in [1.82, 2.24) is 9.55 Å². The van der Waals surface area contributed by atoms with Crippen LogP contribution in [0.1, 0.15) is 6.42 Å². The molecule has 5 heteroatoms. The fourth-order valence-electron chi connectivity index (χ4n) is 2.32. The number of rotatable bonds is 2. The second kappa shape index (κ2) is 3.77. The third-order valence-electron chi connectivity index (χ3n) is 3.31. The monoisotopic (exact) mass is 248 g/mol. The van der Waals surface area contributed by atoms with Gasteiger partial charge in [0.25, 0.3) is 0 Å². The molecule has 1 N–H and O–H groups in total. The summed E-state index contributed by atoms with van der Waals surface area (Å²) in [4.78, 5) is 15.9. The third kappa shape index (κ3) is 1.45. The van der Waals surface area contributed by atoms with Gasteiger partial charge in [-0.25, -0.2) is 9.78 Å². The number of thioether (sulfide) groups is 1. The number of carboxylic acid groups (broad SMARTS) is 1. The molecule has 0 amide bonds. The number of benzene rings is 1. The molecule has 0 radical (unpaired) electrons. The van der Waals surface area contributed by atoms with Gasteiger partial charge in [0.2, 0.25) is 0 Å². The van der Waals surface area contributed by atoms with Crippen molar-refractivity contribution < 1.29 is 9.90 Å². The highest BCUT2D eigenvalue weighted by molar-refractivity contribution is 7.99. The number of carbonyl (C=O) groups is 1. The number of fused-ring (bicyclic) bond motifs is 1. The molecule has 0 aliphatic carbocycles. The van der Waals surface area contributed by atoms with E-state index in [9.17, 15) is 9.90 Å². The number of hydrogen-bond acceptors (Lipinski definition) is 3. The standard InChI is InChI=1S/C12H12N2O2S/c15-11(16)12(5-6-17-7-12)14-8-13-9-3-1-2-4-10(9)14/h1-4,8H,5-7H2,(H,15,16). The van der Waals surface area contributed by atoms with Gasteiger partial charge in [-0.1, -0.05) is 12.1 Å². The molecule has 4 nitrogen and oxygen atoms in total. The number of carboxylic acids is 1. The van der Waals surface area contributed by atoms with Crippen LogP contribution in [0, 0.1) is 0 Å². The van der Waals surface area contributed by atoms with Crippen LogP contribution in [-0.4, -0.2) is 32.1 Å². The molecule has 1 aliphatic rings. The minimum atomic E-state index is -0.819. The highest BCUT2D eigenvalue weighted by Gasteiger charge is 2.44. The van der Waals surface area contributed by atoms with Crippen molar-refractivity contribution in [3.05, 3.63) is 30.6 Å². The Balaban J connectivity index is 2.22. The van der Waals surface area contributed by atoms with Crippen molar-refractivity contribution in [2.75, 3.05) is 11.5 Å². The van der Waals surface area contributed by atoms with E-state index in [4.69, 9.17) is 0 Å². The van der Waals surface area contributed by atoms with Gasteiger partial charge in [0, 0.05) is 5.75 Å². The summed E-state index contributed by atoms with van der Waals surface area (Å²) in [6, 6.07) is 7.66. The van der Waals surface area contributed by atoms with Gasteiger partial charge >= 0.3 is 5.97 Å². The molecule has 1 unspecified atom stereocenters. The van der Waals surface area contributed by atoms with Crippen LogP contribution in [-0.2, 0) is 10.3 Å². The molecule has 1 fully saturated rings. The molecule has 3 rings (SSSR count). The fourth-order valence-corrected chi connectivity index (χ4v) is 3.69. The Labute approximate surface area is 103 Å². The van der Waals surface area contributed by atoms with E-state index in [-0.39, 0.29) is 0 Å². The quantitative estimate of drug-likeness (QED) is 0.882. The maximum atomic E-state index is 11.6. The van der Waals surface area contributed by atoms with E-state index < -0.39 is 11.5 Å². The largest absolute Gasteiger partial charge is 0.479 e. The number of imidazole rings is 1. The molecule has 17 heavy (non-hydrogen) atoms. The van der Waals surface area contributed by atoms with Gasteiger partial charge in [0.05, 0.1) is 17.4 Å². The number of nitrogens with zero attached hydrogens (tertiary/aromatic N) is 2. The molecule has 0 spiro atoms. The lowest BCUT2D eigenvalue weighted by molar-refractivity contribution is -0.146. The molecule has 2 heterocycles. The highest BCUT2D eigenvalue weighted by atomic mass is 32.2. The Morgan fingerprint density at radius 3 is 3.00 bits per heavy atom. The van der Waals surface area contributed by atoms with Crippen LogP contribution in [0.15, 0.2) is 30.6 Å². The van der Waals surface area contributed by atoms with Crippen molar-refractivity contribution in [3.8, 4) is 0 Å². The van der Waals surface area contributed by atoms with Crippen molar-refractivity contribution in [2.45, 2.75) is 12.0 Å². The zero-order valence-corrected chi connectivity index (χ0v) is 9.98. The summed E-state index contributed by atoms with van der Waals surface area (Å²) in [6.45, 7) is 0. The summed E-state index contributed by atoms with van der Waals surface area (Å²) in [5.74, 6) is 0.743. The molecule has 2 aromatic rings. The predicted molar refractivity (Wildman–Crippen MR) is 67.3 cm³/mol. The number of aromatic nitrogens is 2. The van der Waals surface area contributed by atoms with E-state index >= 15 is 0 Å². The van der Waals surface area contributed by atoms with E-state index in [1.54, 1.807) is 18.1 Å². The summed E-state index contributed by atoms with van der Waals surface area (Å²) in [5.41, 5.74) is 0.934. The maximum Gasteiger partial charge on any atom is 0.330 e. The Morgan fingerprint density at radius 2 is 2.29 bits per heavy atom. The molecule has 1 aromatic heterocycles. The van der Waals surface area contributed by atoms with E-state index in [1.165, 1.54) is 0 Å². The van der Waals surface area contributed by atoms with Crippen LogP contribution >= 0.6 is 11.8 Å². The predicted octanol–water partition coefficient (Wildman–Crippen LogP) is 1.95. The molecule has 1 aromatic carbocycles. The van der Waals surface area contributed by atoms with E-state index in [1.807, 2.05) is 28.8 Å². The summed E-state index contributed by atoms with van der Waals surface area (Å²) >= 11 is 1.69. The minimum Gasteiger partial charge on any atom is -0.479 e. The summed E-state index contributed by atoms with van der Waals surface area (Å²) < 4.78 is 1.82. The van der Waals surface area contributed by atoms with Gasteiger partial charge < -0.3 is 9.67 Å². The lowest BCUT2D eigenvalue weighted by Gasteiger charge is -2.25. The second-order valence-corrected chi connectivity index (χ2v) is 5.35. The van der Waals surface area contributed by atoms with Crippen LogP contribution in [0.3, 0.4) is 0 Å². The first-order chi connectivity index (χ1) is 8.24. The van der Waals surface area contributed by atoms with Gasteiger partial charge in [0.1, 0.15) is 0 Å². The third-order valence-corrected chi connectivity index (χ3v) is 4.49. The Kier molecular flexibility index (Phi) is 2.36. The summed E-state index contributed by atoms with van der Waals surface area (Å²) in [7, 11) is 0. The molecule has 0 bridgehead atoms. The topological polar surface area (TPSA) is 55.1 Å². The van der Waals surface area contributed by atoms with Gasteiger partial charge in [-0.2, -0.15) is 11.8 Å². The molecular formula is C12H12N2O2S. The Hall–Kier alpha value is -1.49. The highest BCUT2D eigenvalue weighted by Crippen LogP contribution is 2.36. The fraction of sp³-hybridized carbons (Fsp3) is 0.333.